The van der Waals surface area contributed by atoms with E-state index in [1.54, 1.807) is 58.3 Å². The van der Waals surface area contributed by atoms with Gasteiger partial charge in [0.1, 0.15) is 6.04 Å². The van der Waals surface area contributed by atoms with E-state index in [1.165, 1.54) is 7.05 Å². The van der Waals surface area contributed by atoms with Crippen LogP contribution < -0.4 is 5.32 Å². The van der Waals surface area contributed by atoms with E-state index in [4.69, 9.17) is 0 Å². The summed E-state index contributed by atoms with van der Waals surface area (Å²) in [5, 5.41) is 2.60. The van der Waals surface area contributed by atoms with Crippen LogP contribution >= 0.6 is 0 Å². The van der Waals surface area contributed by atoms with Gasteiger partial charge in [0.15, 0.2) is 0 Å². The number of benzene rings is 2. The van der Waals surface area contributed by atoms with Gasteiger partial charge in [0, 0.05) is 31.3 Å². The normalized spacial score (nSPS) is 16.9. The van der Waals surface area contributed by atoms with E-state index in [2.05, 4.69) is 5.32 Å². The molecule has 2 aromatic carbocycles. The number of hydrogen-bond donors (Lipinski definition) is 1. The highest BCUT2D eigenvalue weighted by Crippen LogP contribution is 2.17. The van der Waals surface area contributed by atoms with Crippen molar-refractivity contribution < 1.29 is 14.4 Å². The molecule has 1 unspecified atom stereocenters. The molecule has 6 heteroatoms. The van der Waals surface area contributed by atoms with Gasteiger partial charge in [-0.1, -0.05) is 36.4 Å². The molecule has 134 valence electrons. The maximum Gasteiger partial charge on any atom is 0.254 e. The number of piperazine rings is 1. The number of rotatable bonds is 3. The number of carbonyl (C=O) groups is 3. The lowest BCUT2D eigenvalue weighted by Gasteiger charge is -2.40. The van der Waals surface area contributed by atoms with E-state index in [0.717, 1.165) is 0 Å². The first kappa shape index (κ1) is 17.7. The highest BCUT2D eigenvalue weighted by Gasteiger charge is 2.37. The highest BCUT2D eigenvalue weighted by atomic mass is 16.2. The number of amides is 3. The molecule has 2 aromatic rings. The first-order chi connectivity index (χ1) is 12.6. The zero-order valence-electron chi connectivity index (χ0n) is 14.6. The van der Waals surface area contributed by atoms with Gasteiger partial charge < -0.3 is 15.1 Å². The molecule has 1 fully saturated rings. The summed E-state index contributed by atoms with van der Waals surface area (Å²) in [6.45, 7) is 0.871. The molecule has 0 radical (unpaired) electrons. The second kappa shape index (κ2) is 7.82. The SMILES string of the molecule is CNC(=O)C1CN(C(=O)c2ccccc2)CCN1C(=O)c1ccccc1. The van der Waals surface area contributed by atoms with Crippen LogP contribution in [-0.2, 0) is 4.79 Å². The second-order valence-corrected chi connectivity index (χ2v) is 6.11. The summed E-state index contributed by atoms with van der Waals surface area (Å²) in [6.07, 6.45) is 0. The van der Waals surface area contributed by atoms with Crippen molar-refractivity contribution in [1.82, 2.24) is 15.1 Å². The third-order valence-corrected chi connectivity index (χ3v) is 4.52. The van der Waals surface area contributed by atoms with Crippen LogP contribution in [0.1, 0.15) is 20.7 Å². The minimum absolute atomic E-state index is 0.133. The average molecular weight is 351 g/mol. The highest BCUT2D eigenvalue weighted by molar-refractivity contribution is 5.99. The van der Waals surface area contributed by atoms with Crippen molar-refractivity contribution in [3.05, 3.63) is 71.8 Å². The Morgan fingerprint density at radius 3 is 1.92 bits per heavy atom. The zero-order valence-corrected chi connectivity index (χ0v) is 14.6. The number of hydrogen-bond acceptors (Lipinski definition) is 3. The van der Waals surface area contributed by atoms with Gasteiger partial charge in [-0.2, -0.15) is 0 Å². The first-order valence-corrected chi connectivity index (χ1v) is 8.53. The quantitative estimate of drug-likeness (QED) is 0.909. The monoisotopic (exact) mass is 351 g/mol. The predicted molar refractivity (Wildman–Crippen MR) is 97.7 cm³/mol. The van der Waals surface area contributed by atoms with Crippen LogP contribution in [0.3, 0.4) is 0 Å². The molecule has 3 amide bonds. The third kappa shape index (κ3) is 3.59. The average Bonchev–Trinajstić information content (AvgIpc) is 2.73. The summed E-state index contributed by atoms with van der Waals surface area (Å²) in [6, 6.07) is 17.1. The van der Waals surface area contributed by atoms with Crippen LogP contribution in [0.15, 0.2) is 60.7 Å². The van der Waals surface area contributed by atoms with Crippen LogP contribution in [0.4, 0.5) is 0 Å². The fourth-order valence-electron chi connectivity index (χ4n) is 3.11. The number of nitrogens with one attached hydrogen (secondary N) is 1. The topological polar surface area (TPSA) is 69.7 Å². The Morgan fingerprint density at radius 2 is 1.38 bits per heavy atom. The molecular formula is C20H21N3O3. The van der Waals surface area contributed by atoms with Crippen LogP contribution in [0.5, 0.6) is 0 Å². The van der Waals surface area contributed by atoms with Crippen LogP contribution in [0.2, 0.25) is 0 Å². The lowest BCUT2D eigenvalue weighted by Crippen LogP contribution is -2.61. The van der Waals surface area contributed by atoms with E-state index in [-0.39, 0.29) is 24.3 Å². The van der Waals surface area contributed by atoms with Crippen LogP contribution in [0.25, 0.3) is 0 Å². The number of nitrogens with zero attached hydrogens (tertiary/aromatic N) is 2. The molecule has 0 aliphatic carbocycles. The third-order valence-electron chi connectivity index (χ3n) is 4.52. The summed E-state index contributed by atoms with van der Waals surface area (Å²) in [4.78, 5) is 41.1. The van der Waals surface area contributed by atoms with Gasteiger partial charge in [-0.3, -0.25) is 14.4 Å². The van der Waals surface area contributed by atoms with Gasteiger partial charge in [-0.05, 0) is 24.3 Å². The lowest BCUT2D eigenvalue weighted by atomic mass is 10.1. The molecule has 26 heavy (non-hydrogen) atoms. The Hall–Kier alpha value is -3.15. The summed E-state index contributed by atoms with van der Waals surface area (Å²) in [7, 11) is 1.53. The van der Waals surface area contributed by atoms with Crippen LogP contribution in [-0.4, -0.2) is 60.2 Å². The van der Waals surface area contributed by atoms with E-state index < -0.39 is 6.04 Å². The molecule has 0 aromatic heterocycles. The summed E-state index contributed by atoms with van der Waals surface area (Å²) in [5.74, 6) is -0.614. The van der Waals surface area contributed by atoms with Crippen molar-refractivity contribution in [2.24, 2.45) is 0 Å². The Labute approximate surface area is 152 Å². The molecule has 0 spiro atoms. The Balaban J connectivity index is 1.81. The van der Waals surface area contributed by atoms with Gasteiger partial charge in [0.2, 0.25) is 5.91 Å². The van der Waals surface area contributed by atoms with E-state index in [9.17, 15) is 14.4 Å². The second-order valence-electron chi connectivity index (χ2n) is 6.11. The van der Waals surface area contributed by atoms with Crippen molar-refractivity contribution in [3.8, 4) is 0 Å². The van der Waals surface area contributed by atoms with Gasteiger partial charge in [-0.25, -0.2) is 0 Å². The first-order valence-electron chi connectivity index (χ1n) is 8.53. The molecule has 1 atom stereocenters. The largest absolute Gasteiger partial charge is 0.357 e. The molecule has 6 nitrogen and oxygen atoms in total. The van der Waals surface area contributed by atoms with Crippen molar-refractivity contribution in [1.29, 1.82) is 0 Å². The van der Waals surface area contributed by atoms with E-state index in [1.807, 2.05) is 12.1 Å². The maximum absolute atomic E-state index is 12.8. The standard InChI is InChI=1S/C20H21N3O3/c1-21-18(24)17-14-22(19(25)15-8-4-2-5-9-15)12-13-23(17)20(26)16-10-6-3-7-11-16/h2-11,17H,12-14H2,1H3,(H,21,24). The lowest BCUT2D eigenvalue weighted by molar-refractivity contribution is -0.126. The molecule has 1 N–H and O–H groups in total. The van der Waals surface area contributed by atoms with E-state index in [0.29, 0.717) is 24.2 Å². The maximum atomic E-state index is 12.8. The molecular weight excluding hydrogens is 330 g/mol. The van der Waals surface area contributed by atoms with Gasteiger partial charge in [0.25, 0.3) is 11.8 Å². The van der Waals surface area contributed by atoms with Gasteiger partial charge in [-0.15, -0.1) is 0 Å². The molecule has 3 rings (SSSR count). The summed E-state index contributed by atoms with van der Waals surface area (Å²) < 4.78 is 0. The summed E-state index contributed by atoms with van der Waals surface area (Å²) in [5.41, 5.74) is 1.11. The minimum Gasteiger partial charge on any atom is -0.357 e. The van der Waals surface area contributed by atoms with Crippen molar-refractivity contribution in [2.75, 3.05) is 26.7 Å². The predicted octanol–water partition coefficient (Wildman–Crippen LogP) is 1.40. The van der Waals surface area contributed by atoms with Crippen molar-refractivity contribution in [2.45, 2.75) is 6.04 Å². The van der Waals surface area contributed by atoms with Crippen molar-refractivity contribution >= 4 is 17.7 Å². The molecule has 1 heterocycles. The Bertz CT molecular complexity index is 792. The molecule has 0 saturated carbocycles. The molecule has 1 aliphatic heterocycles. The zero-order chi connectivity index (χ0) is 18.5. The fourth-order valence-corrected chi connectivity index (χ4v) is 3.11. The Morgan fingerprint density at radius 1 is 0.846 bits per heavy atom. The number of carbonyl (C=O) groups excluding carboxylic acids is 3. The minimum atomic E-state index is -0.714. The van der Waals surface area contributed by atoms with E-state index >= 15 is 0 Å². The molecule has 0 bridgehead atoms. The van der Waals surface area contributed by atoms with Gasteiger partial charge in [0.05, 0.1) is 6.54 Å². The molecule has 1 aliphatic rings. The fraction of sp³-hybridized carbons (Fsp3) is 0.250. The van der Waals surface area contributed by atoms with Gasteiger partial charge >= 0.3 is 0 Å². The van der Waals surface area contributed by atoms with Crippen LogP contribution in [0, 0.1) is 0 Å². The summed E-state index contributed by atoms with van der Waals surface area (Å²) >= 11 is 0. The smallest absolute Gasteiger partial charge is 0.254 e. The molecule has 1 saturated heterocycles. The Kier molecular flexibility index (Phi) is 5.31. The number of likely N-dealkylation sites (N-methyl/N-ethyl adjacent to an activating group) is 1. The van der Waals surface area contributed by atoms with Crippen molar-refractivity contribution in [3.63, 3.8) is 0 Å².